The highest BCUT2D eigenvalue weighted by molar-refractivity contribution is 5.71. The first kappa shape index (κ1) is 61.9. The van der Waals surface area contributed by atoms with E-state index in [0.717, 1.165) is 116 Å². The lowest BCUT2D eigenvalue weighted by molar-refractivity contribution is -0.167. The monoisotopic (exact) mass is 907 g/mol. The lowest BCUT2D eigenvalue weighted by Gasteiger charge is -2.18. The van der Waals surface area contributed by atoms with E-state index in [1.54, 1.807) is 0 Å². The van der Waals surface area contributed by atoms with Crippen molar-refractivity contribution in [2.45, 2.75) is 271 Å². The van der Waals surface area contributed by atoms with Crippen molar-refractivity contribution in [2.75, 3.05) is 13.2 Å². The SMILES string of the molecule is CCCC/C=C\C/C=C\CCCCCCCC(=O)OC[C@H](COC(=O)CCCCCCCCCCC/C=C\C/C=C\CCCCC)OC(=O)CCCCCCC/C=C\C/C=C\CCCC. The number of unbranched alkanes of at least 4 members (excludes halogenated alkanes) is 26. The minimum atomic E-state index is -0.790. The molecule has 0 aliphatic rings. The molecule has 0 unspecified atom stereocenters. The summed E-state index contributed by atoms with van der Waals surface area (Å²) in [4.78, 5) is 38.1. The van der Waals surface area contributed by atoms with Gasteiger partial charge < -0.3 is 14.2 Å². The predicted octanol–water partition coefficient (Wildman–Crippen LogP) is 18.2. The van der Waals surface area contributed by atoms with Gasteiger partial charge in [-0.3, -0.25) is 14.4 Å². The van der Waals surface area contributed by atoms with Gasteiger partial charge >= 0.3 is 17.9 Å². The van der Waals surface area contributed by atoms with Crippen LogP contribution < -0.4 is 0 Å². The Morgan fingerprint density at radius 1 is 0.308 bits per heavy atom. The number of hydrogen-bond acceptors (Lipinski definition) is 6. The lowest BCUT2D eigenvalue weighted by atomic mass is 10.1. The van der Waals surface area contributed by atoms with E-state index >= 15 is 0 Å². The Bertz CT molecular complexity index is 1230. The maximum absolute atomic E-state index is 12.8. The Morgan fingerprint density at radius 2 is 0.569 bits per heavy atom. The third kappa shape index (κ3) is 51.7. The molecule has 0 saturated heterocycles. The zero-order chi connectivity index (χ0) is 47.2. The molecule has 0 amide bonds. The summed E-state index contributed by atoms with van der Waals surface area (Å²) in [6.07, 6.45) is 67.4. The zero-order valence-electron chi connectivity index (χ0n) is 42.7. The molecule has 0 N–H and O–H groups in total. The molecule has 65 heavy (non-hydrogen) atoms. The molecule has 0 aromatic heterocycles. The topological polar surface area (TPSA) is 78.9 Å². The van der Waals surface area contributed by atoms with Gasteiger partial charge in [0.05, 0.1) is 0 Å². The largest absolute Gasteiger partial charge is 0.462 e. The molecular weight excluding hydrogens is 805 g/mol. The fourth-order valence-corrected chi connectivity index (χ4v) is 7.45. The van der Waals surface area contributed by atoms with Gasteiger partial charge in [0.2, 0.25) is 0 Å². The zero-order valence-corrected chi connectivity index (χ0v) is 42.7. The first-order valence-electron chi connectivity index (χ1n) is 27.4. The van der Waals surface area contributed by atoms with Gasteiger partial charge in [0.1, 0.15) is 13.2 Å². The van der Waals surface area contributed by atoms with Crippen LogP contribution in [0.2, 0.25) is 0 Å². The van der Waals surface area contributed by atoms with E-state index in [1.165, 1.54) is 109 Å². The van der Waals surface area contributed by atoms with E-state index in [4.69, 9.17) is 14.2 Å². The van der Waals surface area contributed by atoms with Crippen LogP contribution in [-0.4, -0.2) is 37.2 Å². The number of carbonyl (C=O) groups is 3. The number of allylic oxidation sites excluding steroid dienone is 12. The summed E-state index contributed by atoms with van der Waals surface area (Å²) < 4.78 is 16.8. The second kappa shape index (κ2) is 53.5. The highest BCUT2D eigenvalue weighted by atomic mass is 16.6. The number of esters is 3. The molecule has 0 spiro atoms. The molecule has 6 nitrogen and oxygen atoms in total. The van der Waals surface area contributed by atoms with Crippen LogP contribution in [-0.2, 0) is 28.6 Å². The fraction of sp³-hybridized carbons (Fsp3) is 0.746. The first-order valence-corrected chi connectivity index (χ1v) is 27.4. The van der Waals surface area contributed by atoms with Crippen LogP contribution in [0.25, 0.3) is 0 Å². The van der Waals surface area contributed by atoms with Crippen molar-refractivity contribution in [3.63, 3.8) is 0 Å². The van der Waals surface area contributed by atoms with E-state index < -0.39 is 6.10 Å². The van der Waals surface area contributed by atoms with Gasteiger partial charge in [-0.05, 0) is 103 Å². The summed E-state index contributed by atoms with van der Waals surface area (Å²) in [7, 11) is 0. The molecule has 0 heterocycles. The van der Waals surface area contributed by atoms with Crippen LogP contribution in [0.1, 0.15) is 265 Å². The summed E-state index contributed by atoms with van der Waals surface area (Å²) in [6, 6.07) is 0. The van der Waals surface area contributed by atoms with Crippen LogP contribution in [0.5, 0.6) is 0 Å². The molecule has 0 saturated carbocycles. The highest BCUT2D eigenvalue weighted by Gasteiger charge is 2.19. The van der Waals surface area contributed by atoms with Crippen molar-refractivity contribution < 1.29 is 28.6 Å². The van der Waals surface area contributed by atoms with Gasteiger partial charge in [-0.15, -0.1) is 0 Å². The van der Waals surface area contributed by atoms with Crippen LogP contribution in [0.15, 0.2) is 72.9 Å². The van der Waals surface area contributed by atoms with Crippen molar-refractivity contribution in [3.05, 3.63) is 72.9 Å². The van der Waals surface area contributed by atoms with E-state index in [-0.39, 0.29) is 31.1 Å². The standard InChI is InChI=1S/C59H102O6/c1-4-7-10-13-16-19-22-25-28-29-30-31-32-35-37-40-43-46-49-52-58(61)64-55-56(65-59(62)53-50-47-44-41-38-34-27-24-21-18-15-12-9-6-3)54-63-57(60)51-48-45-42-39-36-33-26-23-20-17-14-11-8-5-2/h14-19,23-28,56H,4-13,20-22,29-55H2,1-3H3/b17-14-,18-15-,19-16-,26-23-,27-24-,28-25-/t56-/m1/s1. The van der Waals surface area contributed by atoms with Crippen molar-refractivity contribution >= 4 is 17.9 Å². The number of hydrogen-bond donors (Lipinski definition) is 0. The van der Waals surface area contributed by atoms with Gasteiger partial charge in [-0.2, -0.15) is 0 Å². The number of carbonyl (C=O) groups excluding carboxylic acids is 3. The molecule has 374 valence electrons. The molecule has 0 radical (unpaired) electrons. The molecule has 0 aromatic rings. The summed E-state index contributed by atoms with van der Waals surface area (Å²) in [5, 5.41) is 0. The van der Waals surface area contributed by atoms with Gasteiger partial charge in [0.15, 0.2) is 6.10 Å². The van der Waals surface area contributed by atoms with Crippen LogP contribution in [0, 0.1) is 0 Å². The van der Waals surface area contributed by atoms with E-state index in [1.807, 2.05) is 0 Å². The Hall–Kier alpha value is -3.15. The molecule has 0 fully saturated rings. The van der Waals surface area contributed by atoms with Gasteiger partial charge in [-0.1, -0.05) is 216 Å². The van der Waals surface area contributed by atoms with E-state index in [9.17, 15) is 14.4 Å². The molecule has 0 aliphatic carbocycles. The molecule has 0 bridgehead atoms. The summed E-state index contributed by atoms with van der Waals surface area (Å²) in [5.74, 6) is -0.916. The van der Waals surface area contributed by atoms with Crippen molar-refractivity contribution in [2.24, 2.45) is 0 Å². The van der Waals surface area contributed by atoms with Gasteiger partial charge in [0.25, 0.3) is 0 Å². The van der Waals surface area contributed by atoms with Crippen molar-refractivity contribution in [3.8, 4) is 0 Å². The summed E-state index contributed by atoms with van der Waals surface area (Å²) >= 11 is 0. The Labute approximate surface area is 402 Å². The summed E-state index contributed by atoms with van der Waals surface area (Å²) in [5.41, 5.74) is 0. The van der Waals surface area contributed by atoms with Crippen LogP contribution in [0.4, 0.5) is 0 Å². The molecule has 0 rings (SSSR count). The van der Waals surface area contributed by atoms with Crippen molar-refractivity contribution in [1.29, 1.82) is 0 Å². The molecular formula is C59H102O6. The number of ether oxygens (including phenoxy) is 3. The first-order chi connectivity index (χ1) is 32.0. The summed E-state index contributed by atoms with van der Waals surface area (Å²) in [6.45, 7) is 6.51. The Morgan fingerprint density at radius 3 is 0.892 bits per heavy atom. The minimum Gasteiger partial charge on any atom is -0.462 e. The maximum Gasteiger partial charge on any atom is 0.306 e. The molecule has 6 heteroatoms. The van der Waals surface area contributed by atoms with Gasteiger partial charge in [0, 0.05) is 19.3 Å². The predicted molar refractivity (Wildman–Crippen MR) is 279 cm³/mol. The Kier molecular flexibility index (Phi) is 50.9. The fourth-order valence-electron chi connectivity index (χ4n) is 7.45. The van der Waals surface area contributed by atoms with Crippen molar-refractivity contribution in [1.82, 2.24) is 0 Å². The van der Waals surface area contributed by atoms with E-state index in [2.05, 4.69) is 93.7 Å². The average molecular weight is 907 g/mol. The van der Waals surface area contributed by atoms with Crippen LogP contribution >= 0.6 is 0 Å². The minimum absolute atomic E-state index is 0.0878. The third-order valence-corrected chi connectivity index (χ3v) is 11.7. The second-order valence-corrected chi connectivity index (χ2v) is 18.1. The quantitative estimate of drug-likeness (QED) is 0.0262. The average Bonchev–Trinajstić information content (AvgIpc) is 3.30. The van der Waals surface area contributed by atoms with Crippen LogP contribution in [0.3, 0.4) is 0 Å². The third-order valence-electron chi connectivity index (χ3n) is 11.7. The van der Waals surface area contributed by atoms with Gasteiger partial charge in [-0.25, -0.2) is 0 Å². The highest BCUT2D eigenvalue weighted by Crippen LogP contribution is 2.14. The molecule has 0 aliphatic heterocycles. The van der Waals surface area contributed by atoms with E-state index in [0.29, 0.717) is 19.3 Å². The second-order valence-electron chi connectivity index (χ2n) is 18.1. The molecule has 0 aromatic carbocycles. The normalized spacial score (nSPS) is 12.6. The Balaban J connectivity index is 4.40. The smallest absolute Gasteiger partial charge is 0.306 e. The molecule has 1 atom stereocenters. The number of rotatable bonds is 49. The maximum atomic E-state index is 12.8. The lowest BCUT2D eigenvalue weighted by Crippen LogP contribution is -2.30.